The Morgan fingerprint density at radius 1 is 0.667 bits per heavy atom. The average Bonchev–Trinajstić information content (AvgIpc) is 2.72. The quantitative estimate of drug-likeness (QED) is 0.370. The fourth-order valence-corrected chi connectivity index (χ4v) is 2.29. The summed E-state index contributed by atoms with van der Waals surface area (Å²) in [6.45, 7) is 3.73. The van der Waals surface area contributed by atoms with Crippen molar-refractivity contribution in [3.8, 4) is 23.7 Å². The molecule has 128 valence electrons. The molecule has 0 aliphatic heterocycles. The van der Waals surface area contributed by atoms with Crippen LogP contribution >= 0.6 is 0 Å². The summed E-state index contributed by atoms with van der Waals surface area (Å²) in [6.07, 6.45) is 1.80. The van der Waals surface area contributed by atoms with E-state index in [1.807, 2.05) is 48.5 Å². The van der Waals surface area contributed by atoms with E-state index in [4.69, 9.17) is 0 Å². The van der Waals surface area contributed by atoms with Crippen molar-refractivity contribution in [1.82, 2.24) is 0 Å². The van der Waals surface area contributed by atoms with Crippen LogP contribution in [0, 0.1) is 33.8 Å². The zero-order valence-corrected chi connectivity index (χ0v) is 14.5. The molecule has 3 nitrogen and oxygen atoms in total. The first-order chi connectivity index (χ1) is 13.1. The van der Waals surface area contributed by atoms with E-state index in [0.29, 0.717) is 0 Å². The number of non-ortho nitro benzene ring substituents is 1. The Labute approximate surface area is 158 Å². The lowest BCUT2D eigenvalue weighted by atomic mass is 10.1. The van der Waals surface area contributed by atoms with Crippen LogP contribution in [-0.4, -0.2) is 4.92 Å². The van der Waals surface area contributed by atoms with Crippen molar-refractivity contribution >= 4 is 11.8 Å². The summed E-state index contributed by atoms with van der Waals surface area (Å²) in [4.78, 5) is 10.2. The van der Waals surface area contributed by atoms with Crippen LogP contribution in [0.3, 0.4) is 0 Å². The maximum atomic E-state index is 10.7. The maximum Gasteiger partial charge on any atom is 0.269 e. The number of nitrogens with zero attached hydrogens (tertiary/aromatic N) is 1. The van der Waals surface area contributed by atoms with E-state index in [2.05, 4.69) is 30.3 Å². The van der Waals surface area contributed by atoms with Crippen molar-refractivity contribution in [2.75, 3.05) is 0 Å². The van der Waals surface area contributed by atoms with Gasteiger partial charge in [-0.25, -0.2) is 0 Å². The first-order valence-electron chi connectivity index (χ1n) is 8.25. The monoisotopic (exact) mass is 349 g/mol. The highest BCUT2D eigenvalue weighted by Gasteiger charge is 2.02. The fraction of sp³-hybridized carbons (Fsp3) is 0. The fourth-order valence-electron chi connectivity index (χ4n) is 2.29. The Kier molecular flexibility index (Phi) is 5.48. The first-order valence-corrected chi connectivity index (χ1v) is 8.25. The highest BCUT2D eigenvalue weighted by Crippen LogP contribution is 2.11. The summed E-state index contributed by atoms with van der Waals surface area (Å²) in [5, 5.41) is 10.7. The van der Waals surface area contributed by atoms with Crippen molar-refractivity contribution in [3.05, 3.63) is 117 Å². The van der Waals surface area contributed by atoms with E-state index in [1.165, 1.54) is 12.1 Å². The predicted molar refractivity (Wildman–Crippen MR) is 108 cm³/mol. The second kappa shape index (κ2) is 8.34. The van der Waals surface area contributed by atoms with E-state index in [-0.39, 0.29) is 5.69 Å². The first kappa shape index (κ1) is 17.7. The summed E-state index contributed by atoms with van der Waals surface area (Å²) in [6, 6.07) is 21.7. The molecule has 0 radical (unpaired) electrons. The smallest absolute Gasteiger partial charge is 0.258 e. The van der Waals surface area contributed by atoms with Gasteiger partial charge in [0.2, 0.25) is 0 Å². The minimum Gasteiger partial charge on any atom is -0.258 e. The van der Waals surface area contributed by atoms with E-state index >= 15 is 0 Å². The van der Waals surface area contributed by atoms with Gasteiger partial charge < -0.3 is 0 Å². The lowest BCUT2D eigenvalue weighted by molar-refractivity contribution is -0.384. The number of benzene rings is 3. The number of hydrogen-bond donors (Lipinski definition) is 0. The van der Waals surface area contributed by atoms with Gasteiger partial charge >= 0.3 is 0 Å². The molecule has 0 spiro atoms. The summed E-state index contributed by atoms with van der Waals surface area (Å²) in [7, 11) is 0. The third kappa shape index (κ3) is 4.95. The molecule has 3 rings (SSSR count). The van der Waals surface area contributed by atoms with Gasteiger partial charge in [-0.2, -0.15) is 0 Å². The van der Waals surface area contributed by atoms with Crippen LogP contribution < -0.4 is 0 Å². The van der Waals surface area contributed by atoms with Crippen LogP contribution in [0.1, 0.15) is 27.8 Å². The molecule has 3 aromatic rings. The average molecular weight is 349 g/mol. The Balaban J connectivity index is 1.70. The van der Waals surface area contributed by atoms with Crippen LogP contribution in [0.5, 0.6) is 0 Å². The second-order valence-corrected chi connectivity index (χ2v) is 5.71. The lowest BCUT2D eigenvalue weighted by Crippen LogP contribution is -1.86. The molecule has 0 saturated heterocycles. The molecule has 0 aliphatic carbocycles. The molecule has 3 heteroatoms. The minimum atomic E-state index is -0.426. The zero-order valence-electron chi connectivity index (χ0n) is 14.5. The van der Waals surface area contributed by atoms with E-state index in [9.17, 15) is 10.1 Å². The third-order valence-electron chi connectivity index (χ3n) is 3.81. The Morgan fingerprint density at radius 3 is 1.33 bits per heavy atom. The van der Waals surface area contributed by atoms with Gasteiger partial charge in [0.15, 0.2) is 0 Å². The molecule has 0 amide bonds. The van der Waals surface area contributed by atoms with Crippen LogP contribution in [0.15, 0.2) is 79.4 Å². The molecule has 0 unspecified atom stereocenters. The summed E-state index contributed by atoms with van der Waals surface area (Å²) >= 11 is 0. The third-order valence-corrected chi connectivity index (χ3v) is 3.81. The van der Waals surface area contributed by atoms with Gasteiger partial charge in [-0.05, 0) is 54.1 Å². The molecule has 27 heavy (non-hydrogen) atoms. The zero-order chi connectivity index (χ0) is 19.1. The minimum absolute atomic E-state index is 0.0580. The molecule has 0 heterocycles. The SMILES string of the molecule is C=Cc1ccc(C#Cc2ccc(C#Cc3ccc([N+](=O)[O-])cc3)cc2)cc1. The molecule has 0 aromatic heterocycles. The Hall–Kier alpha value is -4.08. The van der Waals surface area contributed by atoms with E-state index < -0.39 is 4.92 Å². The molecule has 3 aromatic carbocycles. The normalized spacial score (nSPS) is 9.33. The van der Waals surface area contributed by atoms with Crippen molar-refractivity contribution in [2.24, 2.45) is 0 Å². The van der Waals surface area contributed by atoms with Gasteiger partial charge in [0.25, 0.3) is 5.69 Å². The van der Waals surface area contributed by atoms with Gasteiger partial charge in [0.1, 0.15) is 0 Å². The van der Waals surface area contributed by atoms with Gasteiger partial charge in [0, 0.05) is 34.4 Å². The predicted octanol–water partition coefficient (Wildman–Crippen LogP) is 5.04. The van der Waals surface area contributed by atoms with Crippen molar-refractivity contribution in [3.63, 3.8) is 0 Å². The topological polar surface area (TPSA) is 43.1 Å². The molecule has 0 atom stereocenters. The van der Waals surface area contributed by atoms with Crippen molar-refractivity contribution in [2.45, 2.75) is 0 Å². The number of nitro benzene ring substituents is 1. The lowest BCUT2D eigenvalue weighted by Gasteiger charge is -1.94. The summed E-state index contributed by atoms with van der Waals surface area (Å²) in [5.41, 5.74) is 4.56. The summed E-state index contributed by atoms with van der Waals surface area (Å²) in [5.74, 6) is 12.3. The van der Waals surface area contributed by atoms with Crippen LogP contribution in [-0.2, 0) is 0 Å². The molecule has 0 saturated carbocycles. The van der Waals surface area contributed by atoms with Gasteiger partial charge in [0.05, 0.1) is 4.92 Å². The van der Waals surface area contributed by atoms with Crippen LogP contribution in [0.4, 0.5) is 5.69 Å². The molecular formula is C24H15NO2. The van der Waals surface area contributed by atoms with Crippen molar-refractivity contribution in [1.29, 1.82) is 0 Å². The highest BCUT2D eigenvalue weighted by molar-refractivity contribution is 5.52. The van der Waals surface area contributed by atoms with Gasteiger partial charge in [-0.15, -0.1) is 0 Å². The molecule has 0 bridgehead atoms. The number of nitro groups is 1. The van der Waals surface area contributed by atoms with E-state index in [1.54, 1.807) is 18.2 Å². The largest absolute Gasteiger partial charge is 0.269 e. The standard InChI is InChI=1S/C24H15NO2/c1-2-19-3-5-20(6-4-19)7-8-21-9-11-22(12-10-21)13-14-23-15-17-24(18-16-23)25(26)27/h2-6,9-12,15-18H,1H2. The van der Waals surface area contributed by atoms with E-state index in [0.717, 1.165) is 27.8 Å². The van der Waals surface area contributed by atoms with Gasteiger partial charge in [-0.1, -0.05) is 48.5 Å². The Bertz CT molecular complexity index is 1090. The second-order valence-electron chi connectivity index (χ2n) is 5.71. The molecule has 0 aliphatic rings. The summed E-state index contributed by atoms with van der Waals surface area (Å²) < 4.78 is 0. The molecule has 0 fully saturated rings. The van der Waals surface area contributed by atoms with Crippen molar-refractivity contribution < 1.29 is 4.92 Å². The number of rotatable bonds is 2. The maximum absolute atomic E-state index is 10.7. The van der Waals surface area contributed by atoms with Gasteiger partial charge in [-0.3, -0.25) is 10.1 Å². The van der Waals surface area contributed by atoms with Crippen LogP contribution in [0.2, 0.25) is 0 Å². The number of hydrogen-bond acceptors (Lipinski definition) is 2. The molecular weight excluding hydrogens is 334 g/mol. The van der Waals surface area contributed by atoms with Crippen LogP contribution in [0.25, 0.3) is 6.08 Å². The Morgan fingerprint density at radius 2 is 1.00 bits per heavy atom. The highest BCUT2D eigenvalue weighted by atomic mass is 16.6. The molecule has 0 N–H and O–H groups in total.